The average Bonchev–Trinajstić information content (AvgIpc) is 3.00. The fourth-order valence-electron chi connectivity index (χ4n) is 3.07. The molecule has 1 saturated heterocycles. The molecule has 0 aromatic heterocycles. The Morgan fingerprint density at radius 2 is 2.15 bits per heavy atom. The monoisotopic (exact) mass is 299 g/mol. The highest BCUT2D eigenvalue weighted by Crippen LogP contribution is 2.24. The molecule has 20 heavy (non-hydrogen) atoms. The van der Waals surface area contributed by atoms with E-state index in [1.165, 1.54) is 0 Å². The number of carbonyl (C=O) groups excluding carboxylic acids is 1. The first-order valence-electron chi connectivity index (χ1n) is 7.68. The molecule has 2 aliphatic rings. The van der Waals surface area contributed by atoms with Crippen LogP contribution in [0.1, 0.15) is 45.4 Å². The van der Waals surface area contributed by atoms with Gasteiger partial charge in [0.1, 0.15) is 0 Å². The van der Waals surface area contributed by atoms with Gasteiger partial charge in [0.05, 0.1) is 11.5 Å². The van der Waals surface area contributed by atoms with Crippen molar-refractivity contribution >= 4 is 15.7 Å². The molecule has 2 rings (SSSR count). The molecular formula is C15H25NO3S. The molecule has 0 aromatic rings. The molecule has 1 heterocycles. The fourth-order valence-corrected chi connectivity index (χ4v) is 4.80. The Kier molecular flexibility index (Phi) is 5.24. The summed E-state index contributed by atoms with van der Waals surface area (Å²) < 4.78 is 23.3. The van der Waals surface area contributed by atoms with Crippen molar-refractivity contribution in [2.24, 2.45) is 5.92 Å². The van der Waals surface area contributed by atoms with Crippen LogP contribution >= 0.6 is 0 Å². The summed E-state index contributed by atoms with van der Waals surface area (Å²) in [5, 5.41) is 0. The second-order valence-electron chi connectivity index (χ2n) is 5.97. The third-order valence-electron chi connectivity index (χ3n) is 4.27. The Morgan fingerprint density at radius 1 is 1.35 bits per heavy atom. The highest BCUT2D eigenvalue weighted by Gasteiger charge is 2.34. The van der Waals surface area contributed by atoms with Crippen LogP contribution in [0.15, 0.2) is 12.2 Å². The lowest BCUT2D eigenvalue weighted by Crippen LogP contribution is -2.42. The number of carbonyl (C=O) groups is 1. The molecule has 1 aliphatic heterocycles. The van der Waals surface area contributed by atoms with E-state index in [4.69, 9.17) is 0 Å². The van der Waals surface area contributed by atoms with Gasteiger partial charge < -0.3 is 4.90 Å². The van der Waals surface area contributed by atoms with Gasteiger partial charge in [-0.25, -0.2) is 8.42 Å². The number of amides is 1. The maximum Gasteiger partial charge on any atom is 0.223 e. The van der Waals surface area contributed by atoms with Crippen LogP contribution in [0, 0.1) is 5.92 Å². The molecule has 0 spiro atoms. The minimum atomic E-state index is -2.93. The Balaban J connectivity index is 1.98. The maximum atomic E-state index is 12.5. The van der Waals surface area contributed by atoms with Crippen LogP contribution in [-0.2, 0) is 14.6 Å². The lowest BCUT2D eigenvalue weighted by Gasteiger charge is -2.29. The predicted molar refractivity (Wildman–Crippen MR) is 80.2 cm³/mol. The lowest BCUT2D eigenvalue weighted by atomic mass is 10.0. The third-order valence-corrected chi connectivity index (χ3v) is 6.02. The molecule has 5 heteroatoms. The van der Waals surface area contributed by atoms with Crippen molar-refractivity contribution in [1.82, 2.24) is 4.90 Å². The number of sulfone groups is 1. The molecule has 1 aliphatic carbocycles. The van der Waals surface area contributed by atoms with E-state index in [0.29, 0.717) is 25.3 Å². The second-order valence-corrected chi connectivity index (χ2v) is 8.20. The van der Waals surface area contributed by atoms with Crippen LogP contribution < -0.4 is 0 Å². The first kappa shape index (κ1) is 15.5. The van der Waals surface area contributed by atoms with Crippen molar-refractivity contribution in [3.63, 3.8) is 0 Å². The van der Waals surface area contributed by atoms with Crippen molar-refractivity contribution in [3.8, 4) is 0 Å². The zero-order valence-electron chi connectivity index (χ0n) is 12.3. The number of hydrogen-bond donors (Lipinski definition) is 0. The van der Waals surface area contributed by atoms with Gasteiger partial charge in [0.15, 0.2) is 9.84 Å². The summed E-state index contributed by atoms with van der Waals surface area (Å²) in [6, 6.07) is -0.0931. The zero-order valence-corrected chi connectivity index (χ0v) is 13.1. The van der Waals surface area contributed by atoms with Gasteiger partial charge in [-0.15, -0.1) is 0 Å². The highest BCUT2D eigenvalue weighted by atomic mass is 32.2. The number of hydrogen-bond acceptors (Lipinski definition) is 3. The average molecular weight is 299 g/mol. The molecule has 114 valence electrons. The van der Waals surface area contributed by atoms with E-state index < -0.39 is 9.84 Å². The van der Waals surface area contributed by atoms with E-state index in [-0.39, 0.29) is 23.5 Å². The number of rotatable bonds is 6. The van der Waals surface area contributed by atoms with Crippen molar-refractivity contribution in [1.29, 1.82) is 0 Å². The topological polar surface area (TPSA) is 54.5 Å². The van der Waals surface area contributed by atoms with Crippen molar-refractivity contribution in [3.05, 3.63) is 12.2 Å². The summed E-state index contributed by atoms with van der Waals surface area (Å²) in [4.78, 5) is 14.3. The predicted octanol–water partition coefficient (Wildman–Crippen LogP) is 2.16. The normalized spacial score (nSPS) is 27.9. The van der Waals surface area contributed by atoms with Gasteiger partial charge in [-0.1, -0.05) is 25.5 Å². The first-order chi connectivity index (χ1) is 9.52. The summed E-state index contributed by atoms with van der Waals surface area (Å²) >= 11 is 0. The number of allylic oxidation sites excluding steroid dienone is 2. The maximum absolute atomic E-state index is 12.5. The minimum absolute atomic E-state index is 0.0931. The number of unbranched alkanes of at least 4 members (excludes halogenated alkanes) is 1. The molecule has 1 amide bonds. The third kappa shape index (κ3) is 4.08. The summed E-state index contributed by atoms with van der Waals surface area (Å²) in [6.07, 6.45) is 9.49. The van der Waals surface area contributed by atoms with Crippen molar-refractivity contribution in [2.45, 2.75) is 51.5 Å². The summed E-state index contributed by atoms with van der Waals surface area (Å²) in [7, 11) is -2.93. The molecule has 0 bridgehead atoms. The molecule has 0 aromatic carbocycles. The zero-order chi connectivity index (χ0) is 14.6. The largest absolute Gasteiger partial charge is 0.339 e. The van der Waals surface area contributed by atoms with Crippen LogP contribution in [0.5, 0.6) is 0 Å². The van der Waals surface area contributed by atoms with Gasteiger partial charge in [-0.3, -0.25) is 4.79 Å². The Labute approximate surface area is 122 Å². The van der Waals surface area contributed by atoms with E-state index in [9.17, 15) is 13.2 Å². The van der Waals surface area contributed by atoms with Crippen LogP contribution in [0.4, 0.5) is 0 Å². The highest BCUT2D eigenvalue weighted by molar-refractivity contribution is 7.91. The molecule has 0 saturated carbocycles. The Bertz CT molecular complexity index is 470. The minimum Gasteiger partial charge on any atom is -0.339 e. The van der Waals surface area contributed by atoms with Gasteiger partial charge >= 0.3 is 0 Å². The fraction of sp³-hybridized carbons (Fsp3) is 0.800. The first-order valence-corrected chi connectivity index (χ1v) is 9.50. The Hall–Kier alpha value is -0.840. The van der Waals surface area contributed by atoms with Gasteiger partial charge in [-0.05, 0) is 31.6 Å². The van der Waals surface area contributed by atoms with Crippen LogP contribution in [0.25, 0.3) is 0 Å². The van der Waals surface area contributed by atoms with E-state index in [1.54, 1.807) is 0 Å². The smallest absolute Gasteiger partial charge is 0.223 e. The Morgan fingerprint density at radius 3 is 2.70 bits per heavy atom. The lowest BCUT2D eigenvalue weighted by molar-refractivity contribution is -0.133. The summed E-state index contributed by atoms with van der Waals surface area (Å²) in [6.45, 7) is 2.79. The van der Waals surface area contributed by atoms with Crippen LogP contribution in [0.2, 0.25) is 0 Å². The van der Waals surface area contributed by atoms with Crippen LogP contribution in [0.3, 0.4) is 0 Å². The standard InChI is InChI=1S/C15H25NO3S/c1-2-3-9-16(14-8-10-20(18,19)12-14)15(17)11-13-6-4-5-7-13/h4,6,13-14H,2-3,5,7-12H2,1H3. The molecular weight excluding hydrogens is 274 g/mol. The van der Waals surface area contributed by atoms with E-state index in [1.807, 2.05) is 4.90 Å². The molecule has 2 atom stereocenters. The summed E-state index contributed by atoms with van der Waals surface area (Å²) in [5.41, 5.74) is 0. The molecule has 4 nitrogen and oxygen atoms in total. The van der Waals surface area contributed by atoms with E-state index in [2.05, 4.69) is 19.1 Å². The molecule has 2 unspecified atom stereocenters. The molecule has 1 fully saturated rings. The SMILES string of the molecule is CCCCN(C(=O)CC1C=CCC1)C1CCS(=O)(=O)C1. The summed E-state index contributed by atoms with van der Waals surface area (Å²) in [5.74, 6) is 0.876. The van der Waals surface area contributed by atoms with E-state index in [0.717, 1.165) is 25.7 Å². The van der Waals surface area contributed by atoms with Gasteiger partial charge in [0.25, 0.3) is 0 Å². The molecule has 0 radical (unpaired) electrons. The second kappa shape index (κ2) is 6.74. The van der Waals surface area contributed by atoms with Gasteiger partial charge in [0.2, 0.25) is 5.91 Å². The van der Waals surface area contributed by atoms with Crippen molar-refractivity contribution in [2.75, 3.05) is 18.1 Å². The van der Waals surface area contributed by atoms with Crippen molar-refractivity contribution < 1.29 is 13.2 Å². The number of nitrogens with zero attached hydrogens (tertiary/aromatic N) is 1. The van der Waals surface area contributed by atoms with Crippen LogP contribution in [-0.4, -0.2) is 43.3 Å². The quantitative estimate of drug-likeness (QED) is 0.706. The van der Waals surface area contributed by atoms with Gasteiger partial charge in [-0.2, -0.15) is 0 Å². The molecule has 0 N–H and O–H groups in total. The van der Waals surface area contributed by atoms with E-state index >= 15 is 0 Å². The van der Waals surface area contributed by atoms with Gasteiger partial charge in [0, 0.05) is 19.0 Å².